The third-order valence-electron chi connectivity index (χ3n) is 1.82. The summed E-state index contributed by atoms with van der Waals surface area (Å²) in [4.78, 5) is 4.27. The van der Waals surface area contributed by atoms with E-state index in [0.29, 0.717) is 6.04 Å². The molecule has 1 aromatic rings. The molecule has 0 bridgehead atoms. The SMILES string of the molecule is C#CCCNC(CC)c1nccs1. The van der Waals surface area contributed by atoms with Crippen LogP contribution in [0.4, 0.5) is 0 Å². The third-order valence-corrected chi connectivity index (χ3v) is 2.71. The smallest absolute Gasteiger partial charge is 0.109 e. The van der Waals surface area contributed by atoms with Gasteiger partial charge in [-0.25, -0.2) is 4.98 Å². The van der Waals surface area contributed by atoms with Gasteiger partial charge in [0.05, 0.1) is 6.04 Å². The van der Waals surface area contributed by atoms with Gasteiger partial charge in [-0.2, -0.15) is 0 Å². The number of hydrogen-bond acceptors (Lipinski definition) is 3. The molecule has 0 radical (unpaired) electrons. The van der Waals surface area contributed by atoms with E-state index in [1.54, 1.807) is 11.3 Å². The van der Waals surface area contributed by atoms with Crippen LogP contribution in [0.3, 0.4) is 0 Å². The van der Waals surface area contributed by atoms with Crippen LogP contribution in [0.25, 0.3) is 0 Å². The summed E-state index contributed by atoms with van der Waals surface area (Å²) in [6, 6.07) is 0.369. The molecule has 1 aromatic heterocycles. The minimum absolute atomic E-state index is 0.369. The van der Waals surface area contributed by atoms with Crippen LogP contribution < -0.4 is 5.32 Å². The van der Waals surface area contributed by atoms with Gasteiger partial charge in [0.25, 0.3) is 0 Å². The minimum atomic E-state index is 0.369. The molecule has 1 N–H and O–H groups in total. The number of aromatic nitrogens is 1. The van der Waals surface area contributed by atoms with E-state index < -0.39 is 0 Å². The lowest BCUT2D eigenvalue weighted by molar-refractivity contribution is 0.525. The molecule has 0 spiro atoms. The number of rotatable bonds is 5. The van der Waals surface area contributed by atoms with Crippen molar-refractivity contribution in [2.45, 2.75) is 25.8 Å². The van der Waals surface area contributed by atoms with Gasteiger partial charge in [-0.05, 0) is 6.42 Å². The zero-order chi connectivity index (χ0) is 9.52. The Bertz CT molecular complexity index is 261. The predicted molar refractivity (Wildman–Crippen MR) is 56.6 cm³/mol. The Kier molecular flexibility index (Phi) is 4.52. The van der Waals surface area contributed by atoms with E-state index in [1.807, 2.05) is 11.6 Å². The maximum atomic E-state index is 5.17. The van der Waals surface area contributed by atoms with Crippen LogP contribution in [-0.2, 0) is 0 Å². The average Bonchev–Trinajstić information content (AvgIpc) is 2.65. The Morgan fingerprint density at radius 2 is 2.62 bits per heavy atom. The lowest BCUT2D eigenvalue weighted by Crippen LogP contribution is -2.21. The van der Waals surface area contributed by atoms with Crippen molar-refractivity contribution in [2.24, 2.45) is 0 Å². The summed E-state index contributed by atoms with van der Waals surface area (Å²) < 4.78 is 0. The van der Waals surface area contributed by atoms with Gasteiger partial charge in [-0.3, -0.25) is 0 Å². The predicted octanol–water partition coefficient (Wildman–Crippen LogP) is 2.21. The highest BCUT2D eigenvalue weighted by Crippen LogP contribution is 2.18. The summed E-state index contributed by atoms with van der Waals surface area (Å²) in [6.45, 7) is 3.02. The Balaban J connectivity index is 2.41. The zero-order valence-corrected chi connectivity index (χ0v) is 8.60. The minimum Gasteiger partial charge on any atom is -0.307 e. The first-order chi connectivity index (χ1) is 6.38. The van der Waals surface area contributed by atoms with Crippen LogP contribution in [-0.4, -0.2) is 11.5 Å². The number of nitrogens with one attached hydrogen (secondary N) is 1. The fourth-order valence-corrected chi connectivity index (χ4v) is 1.93. The van der Waals surface area contributed by atoms with Crippen LogP contribution in [0.15, 0.2) is 11.6 Å². The zero-order valence-electron chi connectivity index (χ0n) is 7.79. The van der Waals surface area contributed by atoms with Crippen LogP contribution >= 0.6 is 11.3 Å². The molecular formula is C10H14N2S. The molecule has 0 aliphatic carbocycles. The third kappa shape index (κ3) is 3.17. The second kappa shape index (κ2) is 5.74. The lowest BCUT2D eigenvalue weighted by Gasteiger charge is -2.12. The number of thiazole rings is 1. The molecule has 0 fully saturated rings. The van der Waals surface area contributed by atoms with Crippen LogP contribution in [0.1, 0.15) is 30.8 Å². The number of hydrogen-bond donors (Lipinski definition) is 1. The van der Waals surface area contributed by atoms with Crippen molar-refractivity contribution in [3.05, 3.63) is 16.6 Å². The summed E-state index contributed by atoms with van der Waals surface area (Å²) in [6.07, 6.45) is 8.84. The summed E-state index contributed by atoms with van der Waals surface area (Å²) in [5, 5.41) is 6.53. The van der Waals surface area contributed by atoms with Gasteiger partial charge >= 0.3 is 0 Å². The van der Waals surface area contributed by atoms with Gasteiger partial charge in [0.1, 0.15) is 5.01 Å². The van der Waals surface area contributed by atoms with Crippen LogP contribution in [0.5, 0.6) is 0 Å². The first-order valence-corrected chi connectivity index (χ1v) is 5.32. The quantitative estimate of drug-likeness (QED) is 0.574. The van der Waals surface area contributed by atoms with E-state index in [1.165, 1.54) is 0 Å². The Morgan fingerprint density at radius 3 is 3.15 bits per heavy atom. The van der Waals surface area contributed by atoms with Gasteiger partial charge in [0.2, 0.25) is 0 Å². The molecule has 0 aliphatic rings. The summed E-state index contributed by atoms with van der Waals surface area (Å²) in [5.74, 6) is 2.61. The maximum absolute atomic E-state index is 5.17. The molecule has 0 amide bonds. The molecule has 13 heavy (non-hydrogen) atoms. The van der Waals surface area contributed by atoms with E-state index in [4.69, 9.17) is 6.42 Å². The Labute approximate surface area is 83.4 Å². The molecule has 0 saturated heterocycles. The fraction of sp³-hybridized carbons (Fsp3) is 0.500. The standard InChI is InChI=1S/C10H14N2S/c1-3-5-6-11-9(4-2)10-12-7-8-13-10/h1,7-9,11H,4-6H2,2H3. The van der Waals surface area contributed by atoms with Crippen LogP contribution in [0.2, 0.25) is 0 Å². The highest BCUT2D eigenvalue weighted by atomic mass is 32.1. The first kappa shape index (κ1) is 10.2. The van der Waals surface area contributed by atoms with Crippen molar-refractivity contribution < 1.29 is 0 Å². The van der Waals surface area contributed by atoms with Crippen molar-refractivity contribution in [2.75, 3.05) is 6.54 Å². The second-order valence-electron chi connectivity index (χ2n) is 2.74. The molecule has 1 unspecified atom stereocenters. The van der Waals surface area contributed by atoms with E-state index in [9.17, 15) is 0 Å². The number of terminal acetylenes is 1. The highest BCUT2D eigenvalue weighted by molar-refractivity contribution is 7.09. The Hall–Kier alpha value is -0.850. The monoisotopic (exact) mass is 194 g/mol. The van der Waals surface area contributed by atoms with E-state index in [-0.39, 0.29) is 0 Å². The summed E-state index contributed by atoms with van der Waals surface area (Å²) in [7, 11) is 0. The van der Waals surface area contributed by atoms with Gasteiger partial charge in [0.15, 0.2) is 0 Å². The topological polar surface area (TPSA) is 24.9 Å². The van der Waals surface area contributed by atoms with Crippen molar-refractivity contribution in [3.63, 3.8) is 0 Å². The molecule has 1 heterocycles. The van der Waals surface area contributed by atoms with E-state index >= 15 is 0 Å². The molecule has 0 saturated carbocycles. The second-order valence-corrected chi connectivity index (χ2v) is 3.67. The average molecular weight is 194 g/mol. The molecule has 1 atom stereocenters. The molecule has 0 aliphatic heterocycles. The lowest BCUT2D eigenvalue weighted by atomic mass is 10.2. The first-order valence-electron chi connectivity index (χ1n) is 4.44. The van der Waals surface area contributed by atoms with Crippen molar-refractivity contribution in [3.8, 4) is 12.3 Å². The highest BCUT2D eigenvalue weighted by Gasteiger charge is 2.09. The molecule has 70 valence electrons. The van der Waals surface area contributed by atoms with Gasteiger partial charge in [-0.15, -0.1) is 23.7 Å². The molecule has 1 rings (SSSR count). The molecule has 3 heteroatoms. The van der Waals surface area contributed by atoms with E-state index in [2.05, 4.69) is 23.1 Å². The van der Waals surface area contributed by atoms with Crippen LogP contribution in [0, 0.1) is 12.3 Å². The summed E-state index contributed by atoms with van der Waals surface area (Å²) >= 11 is 1.69. The number of nitrogens with zero attached hydrogens (tertiary/aromatic N) is 1. The maximum Gasteiger partial charge on any atom is 0.109 e. The fourth-order valence-electron chi connectivity index (χ4n) is 1.13. The molecule has 2 nitrogen and oxygen atoms in total. The summed E-state index contributed by atoms with van der Waals surface area (Å²) in [5.41, 5.74) is 0. The van der Waals surface area contributed by atoms with Crippen molar-refractivity contribution in [1.29, 1.82) is 0 Å². The van der Waals surface area contributed by atoms with Gasteiger partial charge in [0, 0.05) is 24.5 Å². The van der Waals surface area contributed by atoms with Crippen molar-refractivity contribution >= 4 is 11.3 Å². The normalized spacial score (nSPS) is 12.3. The van der Waals surface area contributed by atoms with E-state index in [0.717, 1.165) is 24.4 Å². The molecule has 0 aromatic carbocycles. The van der Waals surface area contributed by atoms with Gasteiger partial charge < -0.3 is 5.32 Å². The van der Waals surface area contributed by atoms with Gasteiger partial charge in [-0.1, -0.05) is 6.92 Å². The molecular weight excluding hydrogens is 180 g/mol. The van der Waals surface area contributed by atoms with Crippen molar-refractivity contribution in [1.82, 2.24) is 10.3 Å². The Morgan fingerprint density at radius 1 is 1.77 bits per heavy atom. The largest absolute Gasteiger partial charge is 0.307 e.